The topological polar surface area (TPSA) is 66.4 Å². The highest BCUT2D eigenvalue weighted by Gasteiger charge is 2.32. The Bertz CT molecular complexity index is 527. The Hall–Kier alpha value is -1.84. The second-order valence-electron chi connectivity index (χ2n) is 5.92. The minimum Gasteiger partial charge on any atom is -0.478 e. The SMILES string of the molecule is CCC1CCC(NC(=O)Cc2ccccc2C(=O)O)C1C. The Morgan fingerprint density at radius 1 is 1.29 bits per heavy atom. The van der Waals surface area contributed by atoms with Gasteiger partial charge in [-0.3, -0.25) is 4.79 Å². The van der Waals surface area contributed by atoms with E-state index in [4.69, 9.17) is 5.11 Å². The first-order valence-corrected chi connectivity index (χ1v) is 7.63. The van der Waals surface area contributed by atoms with Gasteiger partial charge in [0, 0.05) is 6.04 Å². The summed E-state index contributed by atoms with van der Waals surface area (Å²) < 4.78 is 0. The van der Waals surface area contributed by atoms with Crippen molar-refractivity contribution in [3.63, 3.8) is 0 Å². The van der Waals surface area contributed by atoms with Gasteiger partial charge in [-0.15, -0.1) is 0 Å². The summed E-state index contributed by atoms with van der Waals surface area (Å²) in [6.45, 7) is 4.38. The van der Waals surface area contributed by atoms with E-state index in [1.54, 1.807) is 18.2 Å². The fourth-order valence-corrected chi connectivity index (χ4v) is 3.34. The molecule has 1 aliphatic carbocycles. The molecule has 4 heteroatoms. The smallest absolute Gasteiger partial charge is 0.335 e. The molecule has 0 saturated heterocycles. The molecular weight excluding hydrogens is 266 g/mol. The van der Waals surface area contributed by atoms with Crippen LogP contribution in [0, 0.1) is 11.8 Å². The number of nitrogens with one attached hydrogen (secondary N) is 1. The van der Waals surface area contributed by atoms with Crippen molar-refractivity contribution < 1.29 is 14.7 Å². The zero-order valence-electron chi connectivity index (χ0n) is 12.6. The van der Waals surface area contributed by atoms with E-state index in [0.717, 1.165) is 19.3 Å². The minimum atomic E-state index is -0.987. The van der Waals surface area contributed by atoms with Gasteiger partial charge in [0.2, 0.25) is 5.91 Å². The normalized spacial score (nSPS) is 24.8. The van der Waals surface area contributed by atoms with Crippen molar-refractivity contribution in [3.8, 4) is 0 Å². The Labute approximate surface area is 125 Å². The van der Waals surface area contributed by atoms with Crippen molar-refractivity contribution >= 4 is 11.9 Å². The molecule has 1 amide bonds. The predicted octanol–water partition coefficient (Wildman–Crippen LogP) is 2.87. The van der Waals surface area contributed by atoms with E-state index in [1.807, 2.05) is 0 Å². The van der Waals surface area contributed by atoms with Crippen LogP contribution in [0.5, 0.6) is 0 Å². The molecule has 3 atom stereocenters. The second kappa shape index (κ2) is 6.74. The highest BCUT2D eigenvalue weighted by molar-refractivity contribution is 5.91. The number of hydrogen-bond acceptors (Lipinski definition) is 2. The highest BCUT2D eigenvalue weighted by Crippen LogP contribution is 2.33. The van der Waals surface area contributed by atoms with E-state index in [1.165, 1.54) is 6.07 Å². The number of carbonyl (C=O) groups excluding carboxylic acids is 1. The monoisotopic (exact) mass is 289 g/mol. The van der Waals surface area contributed by atoms with Crippen molar-refractivity contribution in [2.45, 2.75) is 45.6 Å². The summed E-state index contributed by atoms with van der Waals surface area (Å²) in [6.07, 6.45) is 3.46. The quantitative estimate of drug-likeness (QED) is 0.876. The van der Waals surface area contributed by atoms with Gasteiger partial charge < -0.3 is 10.4 Å². The summed E-state index contributed by atoms with van der Waals surface area (Å²) in [5, 5.41) is 12.2. The van der Waals surface area contributed by atoms with Gasteiger partial charge in [-0.1, -0.05) is 38.5 Å². The largest absolute Gasteiger partial charge is 0.478 e. The fraction of sp³-hybridized carbons (Fsp3) is 0.529. The van der Waals surface area contributed by atoms with E-state index in [9.17, 15) is 9.59 Å². The fourth-order valence-electron chi connectivity index (χ4n) is 3.34. The van der Waals surface area contributed by atoms with E-state index >= 15 is 0 Å². The van der Waals surface area contributed by atoms with Crippen molar-refractivity contribution in [3.05, 3.63) is 35.4 Å². The zero-order valence-corrected chi connectivity index (χ0v) is 12.6. The van der Waals surface area contributed by atoms with Crippen LogP contribution in [0.15, 0.2) is 24.3 Å². The second-order valence-corrected chi connectivity index (χ2v) is 5.92. The van der Waals surface area contributed by atoms with Gasteiger partial charge in [-0.05, 0) is 36.3 Å². The molecule has 1 fully saturated rings. The zero-order chi connectivity index (χ0) is 15.4. The van der Waals surface area contributed by atoms with Gasteiger partial charge in [0.15, 0.2) is 0 Å². The summed E-state index contributed by atoms with van der Waals surface area (Å²) in [6, 6.07) is 6.90. The van der Waals surface area contributed by atoms with Crippen molar-refractivity contribution in [2.24, 2.45) is 11.8 Å². The summed E-state index contributed by atoms with van der Waals surface area (Å²) in [7, 11) is 0. The average Bonchev–Trinajstić information content (AvgIpc) is 2.79. The lowest BCUT2D eigenvalue weighted by molar-refractivity contribution is -0.121. The first kappa shape index (κ1) is 15.5. The number of amides is 1. The molecule has 2 rings (SSSR count). The van der Waals surface area contributed by atoms with Gasteiger partial charge in [0.25, 0.3) is 0 Å². The molecule has 2 N–H and O–H groups in total. The molecule has 3 unspecified atom stereocenters. The maximum absolute atomic E-state index is 12.2. The molecule has 114 valence electrons. The maximum Gasteiger partial charge on any atom is 0.335 e. The van der Waals surface area contributed by atoms with Crippen LogP contribution in [-0.4, -0.2) is 23.0 Å². The van der Waals surface area contributed by atoms with Crippen LogP contribution in [0.2, 0.25) is 0 Å². The number of aromatic carboxylic acids is 1. The molecule has 0 spiro atoms. The molecule has 0 aromatic heterocycles. The predicted molar refractivity (Wildman–Crippen MR) is 81.2 cm³/mol. The summed E-state index contributed by atoms with van der Waals surface area (Å²) in [5.41, 5.74) is 0.777. The third-order valence-electron chi connectivity index (χ3n) is 4.70. The van der Waals surface area contributed by atoms with Crippen molar-refractivity contribution in [1.82, 2.24) is 5.32 Å². The van der Waals surface area contributed by atoms with Gasteiger partial charge >= 0.3 is 5.97 Å². The van der Waals surface area contributed by atoms with Gasteiger partial charge in [0.1, 0.15) is 0 Å². The van der Waals surface area contributed by atoms with E-state index < -0.39 is 5.97 Å². The van der Waals surface area contributed by atoms with Crippen molar-refractivity contribution in [1.29, 1.82) is 0 Å². The maximum atomic E-state index is 12.2. The first-order valence-electron chi connectivity index (χ1n) is 7.63. The van der Waals surface area contributed by atoms with Crippen LogP contribution in [0.1, 0.15) is 49.0 Å². The average molecular weight is 289 g/mol. The number of benzene rings is 1. The number of carboxylic acids is 1. The lowest BCUT2D eigenvalue weighted by Gasteiger charge is -2.21. The molecule has 4 nitrogen and oxygen atoms in total. The van der Waals surface area contributed by atoms with Gasteiger partial charge in [-0.25, -0.2) is 4.79 Å². The Morgan fingerprint density at radius 3 is 2.62 bits per heavy atom. The van der Waals surface area contributed by atoms with Crippen LogP contribution < -0.4 is 5.32 Å². The van der Waals surface area contributed by atoms with Gasteiger partial charge in [0.05, 0.1) is 12.0 Å². The summed E-state index contributed by atoms with van der Waals surface area (Å²) >= 11 is 0. The third-order valence-corrected chi connectivity index (χ3v) is 4.70. The van der Waals surface area contributed by atoms with Crippen molar-refractivity contribution in [2.75, 3.05) is 0 Å². The molecule has 0 bridgehead atoms. The standard InChI is InChI=1S/C17H23NO3/c1-3-12-8-9-15(11(12)2)18-16(19)10-13-6-4-5-7-14(13)17(20)21/h4-7,11-12,15H,3,8-10H2,1-2H3,(H,18,19)(H,20,21). The molecule has 1 saturated carbocycles. The number of carbonyl (C=O) groups is 2. The Kier molecular flexibility index (Phi) is 4.99. The molecule has 1 aromatic rings. The van der Waals surface area contributed by atoms with Crippen LogP contribution in [0.4, 0.5) is 0 Å². The van der Waals surface area contributed by atoms with E-state index in [2.05, 4.69) is 19.2 Å². The van der Waals surface area contributed by atoms with Crippen LogP contribution >= 0.6 is 0 Å². The molecule has 0 aliphatic heterocycles. The van der Waals surface area contributed by atoms with Gasteiger partial charge in [-0.2, -0.15) is 0 Å². The lowest BCUT2D eigenvalue weighted by Crippen LogP contribution is -2.38. The number of hydrogen-bond donors (Lipinski definition) is 2. The van der Waals surface area contributed by atoms with Crippen LogP contribution in [0.3, 0.4) is 0 Å². The molecule has 0 radical (unpaired) electrons. The molecular formula is C17H23NO3. The summed E-state index contributed by atoms with van der Waals surface area (Å²) in [5.74, 6) is 0.103. The van der Waals surface area contributed by atoms with E-state index in [-0.39, 0.29) is 23.9 Å². The van der Waals surface area contributed by atoms with Crippen LogP contribution in [0.25, 0.3) is 0 Å². The molecule has 1 aromatic carbocycles. The number of rotatable bonds is 5. The first-order chi connectivity index (χ1) is 10.0. The molecule has 0 heterocycles. The minimum absolute atomic E-state index is 0.0858. The Balaban J connectivity index is 1.98. The number of carboxylic acid groups (broad SMARTS) is 1. The Morgan fingerprint density at radius 2 is 2.00 bits per heavy atom. The molecule has 21 heavy (non-hydrogen) atoms. The lowest BCUT2D eigenvalue weighted by atomic mass is 9.93. The third kappa shape index (κ3) is 3.63. The van der Waals surface area contributed by atoms with Crippen LogP contribution in [-0.2, 0) is 11.2 Å². The summed E-state index contributed by atoms with van der Waals surface area (Å²) in [4.78, 5) is 23.3. The van der Waals surface area contributed by atoms with E-state index in [0.29, 0.717) is 17.4 Å². The highest BCUT2D eigenvalue weighted by atomic mass is 16.4. The molecule has 1 aliphatic rings.